The van der Waals surface area contributed by atoms with Crippen molar-refractivity contribution in [3.8, 4) is 11.3 Å². The molecule has 3 nitrogen and oxygen atoms in total. The van der Waals surface area contributed by atoms with Gasteiger partial charge in [-0.1, -0.05) is 12.1 Å². The molecule has 0 amide bonds. The van der Waals surface area contributed by atoms with E-state index in [2.05, 4.69) is 18.9 Å². The average Bonchev–Trinajstić information content (AvgIpc) is 2.77. The Hall–Kier alpha value is -1.90. The second-order valence-electron chi connectivity index (χ2n) is 4.84. The summed E-state index contributed by atoms with van der Waals surface area (Å²) >= 11 is 0. The molecule has 0 aliphatic heterocycles. The average molecular weight is 242 g/mol. The maximum Gasteiger partial charge on any atom is 0.159 e. The molecule has 0 saturated heterocycles. The minimum atomic E-state index is 0.0991. The van der Waals surface area contributed by atoms with Crippen molar-refractivity contribution in [3.05, 3.63) is 41.6 Å². The molecule has 0 N–H and O–H groups in total. The Labute approximate surface area is 107 Å². The van der Waals surface area contributed by atoms with E-state index in [9.17, 15) is 4.79 Å². The third-order valence-corrected chi connectivity index (χ3v) is 3.07. The van der Waals surface area contributed by atoms with E-state index in [-0.39, 0.29) is 5.78 Å². The number of aromatic nitrogens is 2. The molecule has 2 aromatic rings. The van der Waals surface area contributed by atoms with Crippen molar-refractivity contribution >= 4 is 5.78 Å². The van der Waals surface area contributed by atoms with Crippen LogP contribution in [0.25, 0.3) is 11.3 Å². The molecule has 0 radical (unpaired) electrons. The lowest BCUT2D eigenvalue weighted by Crippen LogP contribution is -2.05. The quantitative estimate of drug-likeness (QED) is 0.770. The Morgan fingerprint density at radius 3 is 2.56 bits per heavy atom. The van der Waals surface area contributed by atoms with Gasteiger partial charge in [0.1, 0.15) is 0 Å². The van der Waals surface area contributed by atoms with Crippen LogP contribution in [0, 0.1) is 6.92 Å². The molecule has 0 bridgehead atoms. The van der Waals surface area contributed by atoms with Crippen LogP contribution in [-0.2, 0) is 0 Å². The van der Waals surface area contributed by atoms with Gasteiger partial charge >= 0.3 is 0 Å². The van der Waals surface area contributed by atoms with Crippen LogP contribution >= 0.6 is 0 Å². The smallest absolute Gasteiger partial charge is 0.159 e. The van der Waals surface area contributed by atoms with Gasteiger partial charge in [-0.3, -0.25) is 9.48 Å². The summed E-state index contributed by atoms with van der Waals surface area (Å²) in [5.41, 5.74) is 4.08. The number of hydrogen-bond acceptors (Lipinski definition) is 2. The number of Topliss-reactive ketones (excluding diaryl/α,β-unsaturated/α-hetero) is 1. The number of nitrogens with zero attached hydrogens (tertiary/aromatic N) is 2. The van der Waals surface area contributed by atoms with Gasteiger partial charge in [0, 0.05) is 23.4 Å². The summed E-state index contributed by atoms with van der Waals surface area (Å²) in [5, 5.41) is 4.34. The van der Waals surface area contributed by atoms with E-state index >= 15 is 0 Å². The third kappa shape index (κ3) is 2.21. The number of ketones is 1. The standard InChI is InChI=1S/C15H18N2O/c1-10(2)17-15(7-8-16-17)14-6-5-13(12(4)18)9-11(14)3/h5-10H,1-4H3. The Kier molecular flexibility index (Phi) is 3.32. The van der Waals surface area contributed by atoms with Gasteiger partial charge in [0.25, 0.3) is 0 Å². The SMILES string of the molecule is CC(=O)c1ccc(-c2ccnn2C(C)C)c(C)c1. The Bertz CT molecular complexity index is 582. The van der Waals surface area contributed by atoms with Gasteiger partial charge in [0.05, 0.1) is 5.69 Å². The highest BCUT2D eigenvalue weighted by molar-refractivity contribution is 5.94. The van der Waals surface area contributed by atoms with E-state index in [0.29, 0.717) is 6.04 Å². The lowest BCUT2D eigenvalue weighted by Gasteiger charge is -2.13. The van der Waals surface area contributed by atoms with E-state index in [4.69, 9.17) is 0 Å². The van der Waals surface area contributed by atoms with E-state index in [0.717, 1.165) is 22.4 Å². The lowest BCUT2D eigenvalue weighted by atomic mass is 10.0. The molecule has 2 rings (SSSR count). The fraction of sp³-hybridized carbons (Fsp3) is 0.333. The van der Waals surface area contributed by atoms with E-state index in [1.165, 1.54) is 0 Å². The summed E-state index contributed by atoms with van der Waals surface area (Å²) in [4.78, 5) is 11.4. The number of aryl methyl sites for hydroxylation is 1. The molecule has 1 aromatic heterocycles. The maximum absolute atomic E-state index is 11.4. The topological polar surface area (TPSA) is 34.9 Å². The molecular formula is C15H18N2O. The van der Waals surface area contributed by atoms with Crippen molar-refractivity contribution in [2.24, 2.45) is 0 Å². The van der Waals surface area contributed by atoms with Crippen molar-refractivity contribution < 1.29 is 4.79 Å². The number of carbonyl (C=O) groups is 1. The summed E-state index contributed by atoms with van der Waals surface area (Å²) in [6.07, 6.45) is 1.81. The molecule has 0 unspecified atom stereocenters. The normalized spacial score (nSPS) is 10.9. The molecule has 1 aromatic carbocycles. The molecule has 0 saturated carbocycles. The van der Waals surface area contributed by atoms with Crippen LogP contribution in [0.4, 0.5) is 0 Å². The molecule has 0 spiro atoms. The number of carbonyl (C=O) groups excluding carboxylic acids is 1. The van der Waals surface area contributed by atoms with Crippen LogP contribution in [0.2, 0.25) is 0 Å². The first-order valence-electron chi connectivity index (χ1n) is 6.16. The van der Waals surface area contributed by atoms with Crippen LogP contribution in [0.5, 0.6) is 0 Å². The minimum absolute atomic E-state index is 0.0991. The maximum atomic E-state index is 11.4. The van der Waals surface area contributed by atoms with Gasteiger partial charge in [-0.25, -0.2) is 0 Å². The molecule has 0 atom stereocenters. The number of benzene rings is 1. The fourth-order valence-electron chi connectivity index (χ4n) is 2.11. The van der Waals surface area contributed by atoms with E-state index < -0.39 is 0 Å². The predicted molar refractivity (Wildman–Crippen MR) is 72.8 cm³/mol. The van der Waals surface area contributed by atoms with Crippen LogP contribution in [0.1, 0.15) is 42.7 Å². The highest BCUT2D eigenvalue weighted by Gasteiger charge is 2.11. The van der Waals surface area contributed by atoms with Crippen LogP contribution in [0.3, 0.4) is 0 Å². The molecule has 0 fully saturated rings. The van der Waals surface area contributed by atoms with Crippen LogP contribution < -0.4 is 0 Å². The van der Waals surface area contributed by atoms with Crippen molar-refractivity contribution in [1.82, 2.24) is 9.78 Å². The van der Waals surface area contributed by atoms with Gasteiger partial charge in [-0.2, -0.15) is 5.10 Å². The molecule has 18 heavy (non-hydrogen) atoms. The molecule has 0 aliphatic carbocycles. The zero-order valence-electron chi connectivity index (χ0n) is 11.3. The first kappa shape index (κ1) is 12.6. The minimum Gasteiger partial charge on any atom is -0.295 e. The van der Waals surface area contributed by atoms with Gasteiger partial charge in [-0.15, -0.1) is 0 Å². The van der Waals surface area contributed by atoms with Crippen LogP contribution in [0.15, 0.2) is 30.5 Å². The molecule has 94 valence electrons. The largest absolute Gasteiger partial charge is 0.295 e. The van der Waals surface area contributed by atoms with Crippen molar-refractivity contribution in [2.45, 2.75) is 33.7 Å². The number of hydrogen-bond donors (Lipinski definition) is 0. The fourth-order valence-corrected chi connectivity index (χ4v) is 2.11. The summed E-state index contributed by atoms with van der Waals surface area (Å²) in [6, 6.07) is 8.15. The molecule has 3 heteroatoms. The lowest BCUT2D eigenvalue weighted by molar-refractivity contribution is 0.101. The summed E-state index contributed by atoms with van der Waals surface area (Å²) in [6.45, 7) is 7.83. The number of rotatable bonds is 3. The van der Waals surface area contributed by atoms with E-state index in [1.54, 1.807) is 6.92 Å². The predicted octanol–water partition coefficient (Wildman–Crippen LogP) is 3.64. The zero-order valence-corrected chi connectivity index (χ0v) is 11.3. The van der Waals surface area contributed by atoms with Gasteiger partial charge in [-0.05, 0) is 45.4 Å². The van der Waals surface area contributed by atoms with Gasteiger partial charge in [0.2, 0.25) is 0 Å². The van der Waals surface area contributed by atoms with Crippen molar-refractivity contribution in [2.75, 3.05) is 0 Å². The highest BCUT2D eigenvalue weighted by atomic mass is 16.1. The third-order valence-electron chi connectivity index (χ3n) is 3.07. The van der Waals surface area contributed by atoms with Crippen molar-refractivity contribution in [1.29, 1.82) is 0 Å². The Balaban J connectivity index is 2.51. The first-order valence-corrected chi connectivity index (χ1v) is 6.16. The highest BCUT2D eigenvalue weighted by Crippen LogP contribution is 2.26. The van der Waals surface area contributed by atoms with Gasteiger partial charge < -0.3 is 0 Å². The summed E-state index contributed by atoms with van der Waals surface area (Å²) < 4.78 is 2.00. The summed E-state index contributed by atoms with van der Waals surface area (Å²) in [5.74, 6) is 0.0991. The first-order chi connectivity index (χ1) is 8.50. The monoisotopic (exact) mass is 242 g/mol. The molecule has 1 heterocycles. The zero-order chi connectivity index (χ0) is 13.3. The second kappa shape index (κ2) is 4.77. The van der Waals surface area contributed by atoms with E-state index in [1.807, 2.05) is 42.1 Å². The van der Waals surface area contributed by atoms with Crippen molar-refractivity contribution in [3.63, 3.8) is 0 Å². The molecule has 0 aliphatic rings. The van der Waals surface area contributed by atoms with Crippen LogP contribution in [-0.4, -0.2) is 15.6 Å². The van der Waals surface area contributed by atoms with Gasteiger partial charge in [0.15, 0.2) is 5.78 Å². The Morgan fingerprint density at radius 1 is 1.28 bits per heavy atom. The molecular weight excluding hydrogens is 224 g/mol. The summed E-state index contributed by atoms with van der Waals surface area (Å²) in [7, 11) is 0. The second-order valence-corrected chi connectivity index (χ2v) is 4.84. The Morgan fingerprint density at radius 2 is 2.00 bits per heavy atom.